The molecule has 1 unspecified atom stereocenters. The van der Waals surface area contributed by atoms with Crippen LogP contribution >= 0.6 is 22.6 Å². The lowest BCUT2D eigenvalue weighted by atomic mass is 10.1. The van der Waals surface area contributed by atoms with E-state index in [1.54, 1.807) is 54.7 Å². The van der Waals surface area contributed by atoms with Gasteiger partial charge >= 0.3 is 6.03 Å². The second-order valence-electron chi connectivity index (χ2n) is 7.72. The minimum atomic E-state index is -0.916. The standard InChI is InChI=1S/C27H23IN4O3/c28-18-19-9-11-22(12-10-19)30-27(35)31-25(20-6-2-1-3-7-20)26(34)29-21-13-15-23(16-14-21)32-17-5-4-8-24(32)33/h1-17,25H,18H2,(H,29,34)(H2,30,31,35). The number of carbonyl (C=O) groups excluding carboxylic acids is 2. The molecule has 3 aromatic carbocycles. The molecule has 0 saturated carbocycles. The molecular formula is C27H23IN4O3. The van der Waals surface area contributed by atoms with Crippen LogP contribution < -0.4 is 21.5 Å². The van der Waals surface area contributed by atoms with Crippen LogP contribution in [0.4, 0.5) is 16.2 Å². The Morgan fingerprint density at radius 1 is 0.771 bits per heavy atom. The second-order valence-corrected chi connectivity index (χ2v) is 8.48. The number of benzene rings is 3. The van der Waals surface area contributed by atoms with Crippen molar-refractivity contribution < 1.29 is 9.59 Å². The molecule has 0 fully saturated rings. The number of aromatic nitrogens is 1. The summed E-state index contributed by atoms with van der Waals surface area (Å²) in [5.41, 5.74) is 3.51. The normalized spacial score (nSPS) is 11.3. The van der Waals surface area contributed by atoms with Crippen molar-refractivity contribution in [1.29, 1.82) is 0 Å². The summed E-state index contributed by atoms with van der Waals surface area (Å²) in [5, 5.41) is 8.39. The number of rotatable bonds is 7. The topological polar surface area (TPSA) is 92.2 Å². The Morgan fingerprint density at radius 2 is 1.40 bits per heavy atom. The zero-order valence-corrected chi connectivity index (χ0v) is 20.8. The number of anilines is 2. The molecule has 0 saturated heterocycles. The minimum Gasteiger partial charge on any atom is -0.324 e. The van der Waals surface area contributed by atoms with Gasteiger partial charge in [-0.05, 0) is 53.6 Å². The summed E-state index contributed by atoms with van der Waals surface area (Å²) in [6.07, 6.45) is 1.68. The lowest BCUT2D eigenvalue weighted by Crippen LogP contribution is -2.39. The van der Waals surface area contributed by atoms with Crippen LogP contribution in [0.25, 0.3) is 5.69 Å². The van der Waals surface area contributed by atoms with Crippen LogP contribution in [-0.2, 0) is 9.22 Å². The maximum absolute atomic E-state index is 13.2. The smallest absolute Gasteiger partial charge is 0.320 e. The third-order valence-electron chi connectivity index (χ3n) is 5.27. The summed E-state index contributed by atoms with van der Waals surface area (Å²) < 4.78 is 2.39. The minimum absolute atomic E-state index is 0.146. The first-order valence-corrected chi connectivity index (χ1v) is 12.4. The molecule has 8 heteroatoms. The van der Waals surface area contributed by atoms with Gasteiger partial charge in [-0.1, -0.05) is 71.1 Å². The molecule has 1 aromatic heterocycles. The third kappa shape index (κ3) is 6.36. The zero-order valence-electron chi connectivity index (χ0n) is 18.6. The van der Waals surface area contributed by atoms with Crippen LogP contribution in [0.1, 0.15) is 17.2 Å². The van der Waals surface area contributed by atoms with Crippen LogP contribution in [0.5, 0.6) is 0 Å². The van der Waals surface area contributed by atoms with Gasteiger partial charge in [0.05, 0.1) is 0 Å². The SMILES string of the molecule is O=C(Nc1ccc(CI)cc1)NC(C(=O)Nc1ccc(-n2ccccc2=O)cc1)c1ccccc1. The Labute approximate surface area is 216 Å². The fourth-order valence-corrected chi connectivity index (χ4v) is 3.99. The Morgan fingerprint density at radius 3 is 2.06 bits per heavy atom. The second kappa shape index (κ2) is 11.5. The fraction of sp³-hybridized carbons (Fsp3) is 0.0741. The van der Waals surface area contributed by atoms with E-state index in [2.05, 4.69) is 38.5 Å². The van der Waals surface area contributed by atoms with Crippen LogP contribution in [0, 0.1) is 0 Å². The van der Waals surface area contributed by atoms with E-state index in [0.717, 1.165) is 9.99 Å². The quantitative estimate of drug-likeness (QED) is 0.206. The van der Waals surface area contributed by atoms with Gasteiger partial charge in [-0.25, -0.2) is 4.79 Å². The highest BCUT2D eigenvalue weighted by atomic mass is 127. The predicted molar refractivity (Wildman–Crippen MR) is 146 cm³/mol. The number of nitrogens with one attached hydrogen (secondary N) is 3. The summed E-state index contributed by atoms with van der Waals surface area (Å²) in [4.78, 5) is 37.9. The van der Waals surface area contributed by atoms with Crippen molar-refractivity contribution in [1.82, 2.24) is 9.88 Å². The molecule has 0 aliphatic heterocycles. The van der Waals surface area contributed by atoms with Crippen molar-refractivity contribution in [3.63, 3.8) is 0 Å². The molecule has 0 bridgehead atoms. The van der Waals surface area contributed by atoms with Gasteiger partial charge in [0.2, 0.25) is 0 Å². The van der Waals surface area contributed by atoms with Crippen molar-refractivity contribution in [2.24, 2.45) is 0 Å². The fourth-order valence-electron chi connectivity index (χ4n) is 3.48. The first-order chi connectivity index (χ1) is 17.0. The number of urea groups is 1. The van der Waals surface area contributed by atoms with Crippen molar-refractivity contribution in [2.75, 3.05) is 10.6 Å². The maximum Gasteiger partial charge on any atom is 0.320 e. The molecule has 4 aromatic rings. The van der Waals surface area contributed by atoms with E-state index >= 15 is 0 Å². The van der Waals surface area contributed by atoms with Crippen LogP contribution in [0.3, 0.4) is 0 Å². The van der Waals surface area contributed by atoms with Gasteiger partial charge in [0.25, 0.3) is 11.5 Å². The molecule has 176 valence electrons. The van der Waals surface area contributed by atoms with Crippen LogP contribution in [-0.4, -0.2) is 16.5 Å². The Kier molecular flexibility index (Phi) is 7.94. The lowest BCUT2D eigenvalue weighted by molar-refractivity contribution is -0.118. The summed E-state index contributed by atoms with van der Waals surface area (Å²) in [7, 11) is 0. The first kappa shape index (κ1) is 24.2. The number of amides is 3. The molecule has 7 nitrogen and oxygen atoms in total. The Bertz CT molecular complexity index is 1350. The van der Waals surface area contributed by atoms with Crippen molar-refractivity contribution in [3.05, 3.63) is 125 Å². The van der Waals surface area contributed by atoms with Gasteiger partial charge in [-0.3, -0.25) is 14.2 Å². The molecule has 0 spiro atoms. The molecule has 4 rings (SSSR count). The highest BCUT2D eigenvalue weighted by Crippen LogP contribution is 2.18. The van der Waals surface area contributed by atoms with E-state index in [1.807, 2.05) is 42.5 Å². The van der Waals surface area contributed by atoms with Crippen molar-refractivity contribution >= 4 is 45.9 Å². The number of pyridine rings is 1. The molecular weight excluding hydrogens is 555 g/mol. The van der Waals surface area contributed by atoms with Crippen LogP contribution in [0.2, 0.25) is 0 Å². The average molecular weight is 578 g/mol. The molecule has 35 heavy (non-hydrogen) atoms. The predicted octanol–water partition coefficient (Wildman–Crippen LogP) is 5.27. The molecule has 0 radical (unpaired) electrons. The lowest BCUT2D eigenvalue weighted by Gasteiger charge is -2.19. The van der Waals surface area contributed by atoms with E-state index in [1.165, 1.54) is 10.6 Å². The number of hydrogen-bond acceptors (Lipinski definition) is 3. The zero-order chi connectivity index (χ0) is 24.6. The Hall–Kier alpha value is -3.92. The third-order valence-corrected chi connectivity index (χ3v) is 6.15. The molecule has 1 atom stereocenters. The highest BCUT2D eigenvalue weighted by Gasteiger charge is 2.23. The summed E-state index contributed by atoms with van der Waals surface area (Å²) in [6, 6.07) is 27.0. The Balaban J connectivity index is 1.48. The number of alkyl halides is 1. The first-order valence-electron chi connectivity index (χ1n) is 10.9. The van der Waals surface area contributed by atoms with E-state index in [0.29, 0.717) is 22.6 Å². The molecule has 0 aliphatic rings. The van der Waals surface area contributed by atoms with Crippen molar-refractivity contribution in [2.45, 2.75) is 10.5 Å². The summed E-state index contributed by atoms with van der Waals surface area (Å²) >= 11 is 2.28. The number of nitrogens with zero attached hydrogens (tertiary/aromatic N) is 1. The molecule has 1 heterocycles. The van der Waals surface area contributed by atoms with E-state index in [4.69, 9.17) is 0 Å². The van der Waals surface area contributed by atoms with Crippen molar-refractivity contribution in [3.8, 4) is 5.69 Å². The van der Waals surface area contributed by atoms with Crippen LogP contribution in [0.15, 0.2) is 108 Å². The highest BCUT2D eigenvalue weighted by molar-refractivity contribution is 14.1. The largest absolute Gasteiger partial charge is 0.324 e. The number of hydrogen-bond donors (Lipinski definition) is 3. The van der Waals surface area contributed by atoms with Gasteiger partial charge < -0.3 is 16.0 Å². The van der Waals surface area contributed by atoms with Gasteiger partial charge in [0.15, 0.2) is 0 Å². The van der Waals surface area contributed by atoms with Gasteiger partial charge in [-0.2, -0.15) is 0 Å². The average Bonchev–Trinajstić information content (AvgIpc) is 2.89. The monoisotopic (exact) mass is 578 g/mol. The number of halogens is 1. The van der Waals surface area contributed by atoms with Gasteiger partial charge in [-0.15, -0.1) is 0 Å². The molecule has 3 amide bonds. The summed E-state index contributed by atoms with van der Waals surface area (Å²) in [5.74, 6) is -0.392. The van der Waals surface area contributed by atoms with Gasteiger partial charge in [0, 0.05) is 33.8 Å². The van der Waals surface area contributed by atoms with E-state index in [-0.39, 0.29) is 5.56 Å². The summed E-state index contributed by atoms with van der Waals surface area (Å²) in [6.45, 7) is 0. The molecule has 0 aliphatic carbocycles. The number of carbonyl (C=O) groups is 2. The van der Waals surface area contributed by atoms with E-state index in [9.17, 15) is 14.4 Å². The van der Waals surface area contributed by atoms with Gasteiger partial charge in [0.1, 0.15) is 6.04 Å². The van der Waals surface area contributed by atoms with E-state index < -0.39 is 18.0 Å². The maximum atomic E-state index is 13.2. The molecule has 3 N–H and O–H groups in total.